The molecule has 100 valence electrons. The van der Waals surface area contributed by atoms with E-state index in [4.69, 9.17) is 22.1 Å². The number of methoxy groups -OCH3 is 1. The summed E-state index contributed by atoms with van der Waals surface area (Å²) in [6, 6.07) is 11.1. The van der Waals surface area contributed by atoms with Gasteiger partial charge in [0, 0.05) is 9.50 Å². The third kappa shape index (κ3) is 3.31. The molecule has 2 N–H and O–H groups in total. The highest BCUT2D eigenvalue weighted by Gasteiger charge is 2.14. The Bertz CT molecular complexity index is 604. The van der Waals surface area contributed by atoms with Gasteiger partial charge in [0.25, 0.3) is 0 Å². The molecule has 1 unspecified atom stereocenters. The van der Waals surface area contributed by atoms with Gasteiger partial charge in [-0.1, -0.05) is 33.6 Å². The fraction of sp³-hybridized carbons (Fsp3) is 0.143. The summed E-state index contributed by atoms with van der Waals surface area (Å²) in [6.45, 7) is 0. The van der Waals surface area contributed by atoms with E-state index in [1.807, 2.05) is 36.4 Å². The lowest BCUT2D eigenvalue weighted by Crippen LogP contribution is -2.12. The van der Waals surface area contributed by atoms with Gasteiger partial charge in [-0.2, -0.15) is 0 Å². The Kier molecular flexibility index (Phi) is 4.90. The summed E-state index contributed by atoms with van der Waals surface area (Å²) >= 11 is 13.0. The zero-order valence-electron chi connectivity index (χ0n) is 10.2. The summed E-state index contributed by atoms with van der Waals surface area (Å²) < 4.78 is 7.03. The topological polar surface area (TPSA) is 35.2 Å². The Morgan fingerprint density at radius 2 is 1.84 bits per heavy atom. The van der Waals surface area contributed by atoms with Gasteiger partial charge in [0.1, 0.15) is 5.75 Å². The van der Waals surface area contributed by atoms with Crippen LogP contribution in [0.3, 0.4) is 0 Å². The number of hydrogen-bond acceptors (Lipinski definition) is 2. The summed E-state index contributed by atoms with van der Waals surface area (Å²) in [6.07, 6.45) is 0. The summed E-state index contributed by atoms with van der Waals surface area (Å²) in [5.41, 5.74) is 8.23. The maximum Gasteiger partial charge on any atom is 0.133 e. The molecular weight excluding hydrogens is 393 g/mol. The molecule has 2 aromatic rings. The van der Waals surface area contributed by atoms with Crippen LogP contribution < -0.4 is 10.5 Å². The summed E-state index contributed by atoms with van der Waals surface area (Å²) in [7, 11) is 1.63. The van der Waals surface area contributed by atoms with Crippen LogP contribution in [-0.2, 0) is 0 Å². The van der Waals surface area contributed by atoms with Crippen molar-refractivity contribution in [2.24, 2.45) is 5.73 Å². The van der Waals surface area contributed by atoms with E-state index >= 15 is 0 Å². The van der Waals surface area contributed by atoms with Gasteiger partial charge in [-0.3, -0.25) is 0 Å². The van der Waals surface area contributed by atoms with Crippen LogP contribution in [0.5, 0.6) is 5.75 Å². The number of rotatable bonds is 3. The fourth-order valence-electron chi connectivity index (χ4n) is 1.81. The smallest absolute Gasteiger partial charge is 0.133 e. The molecule has 0 bridgehead atoms. The lowest BCUT2D eigenvalue weighted by molar-refractivity contribution is 0.412. The first-order valence-corrected chi connectivity index (χ1v) is 7.53. The Labute approximate surface area is 134 Å². The molecule has 0 radical (unpaired) electrons. The summed E-state index contributed by atoms with van der Waals surface area (Å²) in [5.74, 6) is 0.779. The Balaban J connectivity index is 2.41. The molecule has 0 saturated carbocycles. The van der Waals surface area contributed by atoms with Crippen LogP contribution in [-0.4, -0.2) is 7.11 Å². The minimum atomic E-state index is -0.254. The first-order valence-electron chi connectivity index (χ1n) is 5.57. The van der Waals surface area contributed by atoms with Crippen LogP contribution in [0.15, 0.2) is 45.3 Å². The summed E-state index contributed by atoms with van der Waals surface area (Å²) in [4.78, 5) is 0. The minimum Gasteiger partial charge on any atom is -0.496 e. The van der Waals surface area contributed by atoms with Crippen LogP contribution in [0.4, 0.5) is 0 Å². The van der Waals surface area contributed by atoms with Crippen molar-refractivity contribution in [3.63, 3.8) is 0 Å². The number of benzene rings is 2. The molecule has 19 heavy (non-hydrogen) atoms. The van der Waals surface area contributed by atoms with E-state index in [0.717, 1.165) is 25.8 Å². The van der Waals surface area contributed by atoms with Crippen molar-refractivity contribution in [3.8, 4) is 5.75 Å². The third-order valence-electron chi connectivity index (χ3n) is 2.83. The van der Waals surface area contributed by atoms with Gasteiger partial charge in [-0.05, 0) is 57.4 Å². The highest BCUT2D eigenvalue weighted by Crippen LogP contribution is 2.33. The van der Waals surface area contributed by atoms with Crippen LogP contribution >= 0.6 is 43.5 Å². The van der Waals surface area contributed by atoms with Gasteiger partial charge in [-0.15, -0.1) is 0 Å². The average molecular weight is 406 g/mol. The molecule has 0 aliphatic heterocycles. The van der Waals surface area contributed by atoms with E-state index in [2.05, 4.69) is 31.9 Å². The maximum absolute atomic E-state index is 6.30. The van der Waals surface area contributed by atoms with Gasteiger partial charge in [0.05, 0.1) is 17.6 Å². The molecule has 5 heteroatoms. The lowest BCUT2D eigenvalue weighted by atomic mass is 9.99. The molecule has 0 saturated heterocycles. The average Bonchev–Trinajstić information content (AvgIpc) is 2.40. The second-order valence-electron chi connectivity index (χ2n) is 4.04. The van der Waals surface area contributed by atoms with Gasteiger partial charge < -0.3 is 10.5 Å². The van der Waals surface area contributed by atoms with Crippen molar-refractivity contribution >= 4 is 43.5 Å². The molecule has 0 fully saturated rings. The van der Waals surface area contributed by atoms with Crippen molar-refractivity contribution < 1.29 is 4.74 Å². The zero-order chi connectivity index (χ0) is 14.0. The normalized spacial score (nSPS) is 12.3. The van der Waals surface area contributed by atoms with E-state index in [-0.39, 0.29) is 6.04 Å². The fourth-order valence-corrected chi connectivity index (χ4v) is 3.04. The van der Waals surface area contributed by atoms with Gasteiger partial charge >= 0.3 is 0 Å². The molecule has 0 amide bonds. The largest absolute Gasteiger partial charge is 0.496 e. The molecule has 0 aromatic heterocycles. The molecule has 2 rings (SSSR count). The number of nitrogens with two attached hydrogens (primary N) is 1. The Morgan fingerprint density at radius 3 is 2.47 bits per heavy atom. The SMILES string of the molecule is COc1ccc(C(N)c2cc(Cl)ccc2Br)cc1Br. The highest BCUT2D eigenvalue weighted by molar-refractivity contribution is 9.10. The van der Waals surface area contributed by atoms with Crippen molar-refractivity contribution in [3.05, 3.63) is 61.5 Å². The molecule has 0 aliphatic rings. The molecule has 0 heterocycles. The second kappa shape index (κ2) is 6.27. The number of halogens is 3. The van der Waals surface area contributed by atoms with Crippen LogP contribution in [0.2, 0.25) is 5.02 Å². The van der Waals surface area contributed by atoms with Crippen molar-refractivity contribution in [2.45, 2.75) is 6.04 Å². The van der Waals surface area contributed by atoms with E-state index in [1.165, 1.54) is 0 Å². The van der Waals surface area contributed by atoms with E-state index in [1.54, 1.807) is 7.11 Å². The van der Waals surface area contributed by atoms with Crippen molar-refractivity contribution in [1.29, 1.82) is 0 Å². The number of ether oxygens (including phenoxy) is 1. The lowest BCUT2D eigenvalue weighted by Gasteiger charge is -2.16. The molecular formula is C14H12Br2ClNO. The Morgan fingerprint density at radius 1 is 1.11 bits per heavy atom. The third-order valence-corrected chi connectivity index (χ3v) is 4.41. The molecule has 2 aromatic carbocycles. The minimum absolute atomic E-state index is 0.254. The van der Waals surface area contributed by atoms with Gasteiger partial charge in [0.15, 0.2) is 0 Å². The van der Waals surface area contributed by atoms with Crippen molar-refractivity contribution in [2.75, 3.05) is 7.11 Å². The van der Waals surface area contributed by atoms with Gasteiger partial charge in [-0.25, -0.2) is 0 Å². The first-order chi connectivity index (χ1) is 9.02. The van der Waals surface area contributed by atoms with Crippen LogP contribution in [0.25, 0.3) is 0 Å². The molecule has 0 aliphatic carbocycles. The van der Waals surface area contributed by atoms with Crippen LogP contribution in [0.1, 0.15) is 17.2 Å². The Hall–Kier alpha value is -0.550. The van der Waals surface area contributed by atoms with Crippen molar-refractivity contribution in [1.82, 2.24) is 0 Å². The highest BCUT2D eigenvalue weighted by atomic mass is 79.9. The predicted molar refractivity (Wildman–Crippen MR) is 85.9 cm³/mol. The standard InChI is InChI=1S/C14H12Br2ClNO/c1-19-13-5-2-8(6-12(13)16)14(18)10-7-9(17)3-4-11(10)15/h2-7,14H,18H2,1H3. The van der Waals surface area contributed by atoms with E-state index < -0.39 is 0 Å². The maximum atomic E-state index is 6.30. The molecule has 2 nitrogen and oxygen atoms in total. The second-order valence-corrected chi connectivity index (χ2v) is 6.18. The monoisotopic (exact) mass is 403 g/mol. The number of hydrogen-bond donors (Lipinski definition) is 1. The molecule has 1 atom stereocenters. The molecule has 0 spiro atoms. The first kappa shape index (κ1) is 14.9. The quantitative estimate of drug-likeness (QED) is 0.787. The van der Waals surface area contributed by atoms with E-state index in [0.29, 0.717) is 5.02 Å². The predicted octanol–water partition coefficient (Wildman–Crippen LogP) is 4.92. The summed E-state index contributed by atoms with van der Waals surface area (Å²) in [5, 5.41) is 0.668. The van der Waals surface area contributed by atoms with Gasteiger partial charge in [0.2, 0.25) is 0 Å². The van der Waals surface area contributed by atoms with E-state index in [9.17, 15) is 0 Å². The zero-order valence-corrected chi connectivity index (χ0v) is 14.1. The van der Waals surface area contributed by atoms with Crippen LogP contribution in [0, 0.1) is 0 Å².